The van der Waals surface area contributed by atoms with Crippen LogP contribution in [0.5, 0.6) is 5.75 Å². The van der Waals surface area contributed by atoms with Crippen LogP contribution < -0.4 is 16.6 Å². The van der Waals surface area contributed by atoms with E-state index < -0.39 is 11.8 Å². The van der Waals surface area contributed by atoms with E-state index in [1.807, 2.05) is 0 Å². The van der Waals surface area contributed by atoms with Crippen LogP contribution in [0.4, 0.5) is 5.69 Å². The summed E-state index contributed by atoms with van der Waals surface area (Å²) in [5.74, 6) is -0.326. The van der Waals surface area contributed by atoms with Gasteiger partial charge in [0.25, 0.3) is 5.91 Å². The lowest BCUT2D eigenvalue weighted by molar-refractivity contribution is 0.0943. The summed E-state index contributed by atoms with van der Waals surface area (Å²) in [5, 5.41) is 13.1. The minimum atomic E-state index is -0.551. The zero-order valence-electron chi connectivity index (χ0n) is 15.7. The Balaban J connectivity index is 1.77. The minimum absolute atomic E-state index is 0.0260. The van der Waals surface area contributed by atoms with Gasteiger partial charge in [0, 0.05) is 17.0 Å². The lowest BCUT2D eigenvalue weighted by atomic mass is 10.1. The third-order valence-corrected chi connectivity index (χ3v) is 4.36. The highest BCUT2D eigenvalue weighted by Crippen LogP contribution is 2.20. The van der Waals surface area contributed by atoms with Crippen LogP contribution in [0.3, 0.4) is 0 Å². The summed E-state index contributed by atoms with van der Waals surface area (Å²) in [7, 11) is 0. The molecule has 0 atom stereocenters. The van der Waals surface area contributed by atoms with Crippen LogP contribution >= 0.6 is 0 Å². The number of phenolic OH excluding ortho intramolecular Hbond substituents is 1. The smallest absolute Gasteiger partial charge is 0.257 e. The molecule has 4 aromatic rings. The van der Waals surface area contributed by atoms with Crippen molar-refractivity contribution < 1.29 is 23.5 Å². The molecule has 4 rings (SSSR count). The van der Waals surface area contributed by atoms with Crippen LogP contribution in [0.25, 0.3) is 11.0 Å². The van der Waals surface area contributed by atoms with E-state index in [1.165, 1.54) is 30.5 Å². The fourth-order valence-corrected chi connectivity index (χ4v) is 2.85. The number of fused-ring (bicyclic) bond motifs is 1. The van der Waals surface area contributed by atoms with Crippen molar-refractivity contribution in [1.82, 2.24) is 5.32 Å². The summed E-state index contributed by atoms with van der Waals surface area (Å²) in [6.07, 6.45) is 1.52. The monoisotopic (exact) mass is 403 g/mol. The van der Waals surface area contributed by atoms with Crippen LogP contribution in [0, 0.1) is 0 Å². The molecule has 2 aromatic carbocycles. The van der Waals surface area contributed by atoms with Crippen LogP contribution in [0.1, 0.15) is 26.5 Å². The van der Waals surface area contributed by atoms with Crippen LogP contribution in [0.2, 0.25) is 0 Å². The van der Waals surface area contributed by atoms with E-state index in [4.69, 9.17) is 14.6 Å². The molecular weight excluding hydrogens is 386 g/mol. The number of carbonyl (C=O) groups excluding carboxylic acids is 2. The average molecular weight is 403 g/mol. The molecule has 2 aromatic heterocycles. The lowest BCUT2D eigenvalue weighted by Crippen LogP contribution is -2.28. The first-order valence-electron chi connectivity index (χ1n) is 9.02. The first kappa shape index (κ1) is 19.0. The largest absolute Gasteiger partial charge is 0.508 e. The van der Waals surface area contributed by atoms with Gasteiger partial charge in [0.05, 0.1) is 18.5 Å². The molecule has 30 heavy (non-hydrogen) atoms. The predicted octanol–water partition coefficient (Wildman–Crippen LogP) is 2.99. The molecule has 0 saturated heterocycles. The van der Waals surface area contributed by atoms with Crippen LogP contribution in [-0.2, 0) is 6.54 Å². The number of rotatable bonds is 5. The van der Waals surface area contributed by atoms with Crippen molar-refractivity contribution in [3.63, 3.8) is 0 Å². The Bertz CT molecular complexity index is 1290. The molecule has 8 nitrogen and oxygen atoms in total. The van der Waals surface area contributed by atoms with Gasteiger partial charge in [-0.15, -0.1) is 0 Å². The third-order valence-electron chi connectivity index (χ3n) is 4.36. The highest BCUT2D eigenvalue weighted by atomic mass is 16.3. The number of aromatic hydroxyl groups is 1. The van der Waals surface area contributed by atoms with Gasteiger partial charge in [-0.1, -0.05) is 0 Å². The van der Waals surface area contributed by atoms with Gasteiger partial charge in [-0.2, -0.15) is 0 Å². The SMILES string of the molecule is NC(=O)c1ccc(N=c2oc3cc(O)ccc3cc2C(=O)NCc2ccco2)cc1. The van der Waals surface area contributed by atoms with Gasteiger partial charge < -0.3 is 25.0 Å². The van der Waals surface area contributed by atoms with Crippen molar-refractivity contribution in [2.75, 3.05) is 0 Å². The highest BCUT2D eigenvalue weighted by molar-refractivity contribution is 5.96. The molecule has 0 radical (unpaired) electrons. The Morgan fingerprint density at radius 1 is 1.07 bits per heavy atom. The molecule has 0 bridgehead atoms. The minimum Gasteiger partial charge on any atom is -0.508 e. The molecule has 0 aliphatic heterocycles. The third kappa shape index (κ3) is 4.07. The van der Waals surface area contributed by atoms with Crippen molar-refractivity contribution in [2.45, 2.75) is 6.54 Å². The zero-order chi connectivity index (χ0) is 21.1. The number of hydrogen-bond acceptors (Lipinski definition) is 6. The first-order valence-corrected chi connectivity index (χ1v) is 9.02. The van der Waals surface area contributed by atoms with E-state index in [2.05, 4.69) is 10.3 Å². The Labute approximate surface area is 170 Å². The number of nitrogens with zero attached hydrogens (tertiary/aromatic N) is 1. The standard InChI is InChI=1S/C22H17N3O5/c23-20(27)13-3-6-15(7-4-13)25-22-18(21(28)24-12-17-2-1-9-29-17)10-14-5-8-16(26)11-19(14)30-22/h1-11,26H,12H2,(H2,23,27)(H,24,28). The molecule has 2 heterocycles. The number of hydrogen-bond donors (Lipinski definition) is 3. The molecule has 2 amide bonds. The normalized spacial score (nSPS) is 11.5. The van der Waals surface area contributed by atoms with Gasteiger partial charge in [0.1, 0.15) is 22.7 Å². The first-order chi connectivity index (χ1) is 14.5. The second-order valence-corrected chi connectivity index (χ2v) is 6.47. The van der Waals surface area contributed by atoms with Crippen molar-refractivity contribution in [2.24, 2.45) is 10.7 Å². The Hall–Kier alpha value is -4.33. The molecule has 0 spiro atoms. The van der Waals surface area contributed by atoms with E-state index in [0.717, 1.165) is 0 Å². The van der Waals surface area contributed by atoms with E-state index in [9.17, 15) is 14.7 Å². The summed E-state index contributed by atoms with van der Waals surface area (Å²) in [6, 6.07) is 15.9. The summed E-state index contributed by atoms with van der Waals surface area (Å²) in [5.41, 5.74) is 6.68. The number of nitrogens with two attached hydrogens (primary N) is 1. The predicted molar refractivity (Wildman–Crippen MR) is 108 cm³/mol. The molecule has 150 valence electrons. The zero-order valence-corrected chi connectivity index (χ0v) is 15.7. The maximum absolute atomic E-state index is 12.8. The van der Waals surface area contributed by atoms with E-state index >= 15 is 0 Å². The van der Waals surface area contributed by atoms with Crippen molar-refractivity contribution in [3.8, 4) is 5.75 Å². The number of nitrogens with one attached hydrogen (secondary N) is 1. The van der Waals surface area contributed by atoms with Crippen molar-refractivity contribution in [3.05, 3.63) is 89.4 Å². The summed E-state index contributed by atoms with van der Waals surface area (Å²) in [4.78, 5) is 28.5. The number of amides is 2. The van der Waals surface area contributed by atoms with E-state index in [1.54, 1.807) is 36.4 Å². The van der Waals surface area contributed by atoms with Gasteiger partial charge in [-0.05, 0) is 54.6 Å². The van der Waals surface area contributed by atoms with E-state index in [-0.39, 0.29) is 23.4 Å². The number of phenols is 1. The molecule has 4 N–H and O–H groups in total. The maximum atomic E-state index is 12.8. The number of primary amides is 1. The van der Waals surface area contributed by atoms with Crippen LogP contribution in [0.15, 0.2) is 80.8 Å². The summed E-state index contributed by atoms with van der Waals surface area (Å²) >= 11 is 0. The average Bonchev–Trinajstić information content (AvgIpc) is 3.25. The second-order valence-electron chi connectivity index (χ2n) is 6.47. The second kappa shape index (κ2) is 7.96. The van der Waals surface area contributed by atoms with E-state index in [0.29, 0.717) is 28.0 Å². The van der Waals surface area contributed by atoms with Crippen molar-refractivity contribution in [1.29, 1.82) is 0 Å². The lowest BCUT2D eigenvalue weighted by Gasteiger charge is -2.06. The molecule has 0 fully saturated rings. The topological polar surface area (TPSA) is 131 Å². The quantitative estimate of drug-likeness (QED) is 0.471. The van der Waals surface area contributed by atoms with Gasteiger partial charge in [0.15, 0.2) is 0 Å². The van der Waals surface area contributed by atoms with Gasteiger partial charge in [-0.3, -0.25) is 9.59 Å². The highest BCUT2D eigenvalue weighted by Gasteiger charge is 2.14. The molecule has 0 aliphatic rings. The number of benzene rings is 2. The fraction of sp³-hybridized carbons (Fsp3) is 0.0455. The molecular formula is C22H17N3O5. The van der Waals surface area contributed by atoms with Crippen LogP contribution in [-0.4, -0.2) is 16.9 Å². The van der Waals surface area contributed by atoms with Gasteiger partial charge >= 0.3 is 0 Å². The van der Waals surface area contributed by atoms with Gasteiger partial charge in [-0.25, -0.2) is 4.99 Å². The Morgan fingerprint density at radius 3 is 2.57 bits per heavy atom. The Kier molecular flexibility index (Phi) is 5.04. The molecule has 0 aliphatic carbocycles. The Morgan fingerprint density at radius 2 is 1.87 bits per heavy atom. The maximum Gasteiger partial charge on any atom is 0.257 e. The summed E-state index contributed by atoms with van der Waals surface area (Å²) in [6.45, 7) is 0.201. The summed E-state index contributed by atoms with van der Waals surface area (Å²) < 4.78 is 11.0. The number of carbonyl (C=O) groups is 2. The molecule has 0 unspecified atom stereocenters. The molecule has 0 saturated carbocycles. The van der Waals surface area contributed by atoms with Crippen molar-refractivity contribution >= 4 is 28.5 Å². The number of furan rings is 1. The fourth-order valence-electron chi connectivity index (χ4n) is 2.85. The molecule has 8 heteroatoms. The van der Waals surface area contributed by atoms with Gasteiger partial charge in [0.2, 0.25) is 11.5 Å².